The van der Waals surface area contributed by atoms with Crippen molar-refractivity contribution in [1.82, 2.24) is 15.5 Å². The summed E-state index contributed by atoms with van der Waals surface area (Å²) in [7, 11) is 0. The first-order valence-corrected chi connectivity index (χ1v) is 12.3. The van der Waals surface area contributed by atoms with E-state index >= 15 is 0 Å². The number of nitrogens with one attached hydrogen (secondary N) is 2. The molecule has 0 spiro atoms. The van der Waals surface area contributed by atoms with Crippen LogP contribution >= 0.6 is 12.4 Å². The molecule has 3 atom stereocenters. The monoisotopic (exact) mass is 518 g/mol. The minimum atomic E-state index is -0.865. The normalized spacial score (nSPS) is 17.2. The van der Waals surface area contributed by atoms with Crippen molar-refractivity contribution >= 4 is 40.9 Å². The smallest absolute Gasteiger partial charge is 0.243 e. The Morgan fingerprint density at radius 1 is 1.14 bits per heavy atom. The molecule has 0 aromatic heterocycles. The van der Waals surface area contributed by atoms with E-state index in [4.69, 9.17) is 5.73 Å². The SMILES string of the molecule is CC(C)(C)CC(=O)N1CCCC1C(=O)N[C@H](Cc1ccc2ccccc2c1)C(=O)NCC(O)CN.Cl. The first-order chi connectivity index (χ1) is 16.6. The van der Waals surface area contributed by atoms with E-state index in [1.807, 2.05) is 63.2 Å². The standard InChI is InChI=1S/C27H38N4O4.ClH/c1-27(2,3)15-24(33)31-12-6-9-23(31)26(35)30-22(25(34)29-17-21(32)16-28)14-18-10-11-19-7-4-5-8-20(19)13-18;/h4-5,7-8,10-11,13,21-23,32H,6,9,12,14-17,28H2,1-3H3,(H,29,34)(H,30,35);1H/t21?,22-,23?;/m1./s1. The maximum absolute atomic E-state index is 13.3. The molecule has 3 amide bonds. The summed E-state index contributed by atoms with van der Waals surface area (Å²) in [4.78, 5) is 40.8. The Balaban J connectivity index is 0.00000456. The van der Waals surface area contributed by atoms with E-state index in [2.05, 4.69) is 10.6 Å². The molecule has 3 rings (SSSR count). The van der Waals surface area contributed by atoms with Gasteiger partial charge in [0.15, 0.2) is 0 Å². The average Bonchev–Trinajstić information content (AvgIpc) is 3.31. The van der Waals surface area contributed by atoms with E-state index in [-0.39, 0.29) is 49.1 Å². The number of hydrogen-bond donors (Lipinski definition) is 4. The number of halogens is 1. The van der Waals surface area contributed by atoms with Gasteiger partial charge in [0.2, 0.25) is 17.7 Å². The van der Waals surface area contributed by atoms with Crippen LogP contribution in [-0.2, 0) is 20.8 Å². The lowest BCUT2D eigenvalue weighted by Gasteiger charge is -2.29. The van der Waals surface area contributed by atoms with Gasteiger partial charge in [-0.15, -0.1) is 12.4 Å². The molecule has 2 aromatic carbocycles. The molecule has 8 nitrogen and oxygen atoms in total. The van der Waals surface area contributed by atoms with Gasteiger partial charge in [0.1, 0.15) is 12.1 Å². The van der Waals surface area contributed by atoms with Gasteiger partial charge in [-0.25, -0.2) is 0 Å². The van der Waals surface area contributed by atoms with Crippen LogP contribution in [0, 0.1) is 5.41 Å². The van der Waals surface area contributed by atoms with Gasteiger partial charge in [-0.05, 0) is 34.6 Å². The van der Waals surface area contributed by atoms with E-state index in [0.717, 1.165) is 22.8 Å². The highest BCUT2D eigenvalue weighted by molar-refractivity contribution is 5.93. The van der Waals surface area contributed by atoms with Crippen LogP contribution in [0.1, 0.15) is 45.6 Å². The van der Waals surface area contributed by atoms with E-state index < -0.39 is 24.1 Å². The maximum atomic E-state index is 13.3. The van der Waals surface area contributed by atoms with Gasteiger partial charge in [-0.2, -0.15) is 0 Å². The molecule has 1 aliphatic rings. The van der Waals surface area contributed by atoms with Gasteiger partial charge < -0.3 is 26.4 Å². The molecule has 36 heavy (non-hydrogen) atoms. The third-order valence-electron chi connectivity index (χ3n) is 6.23. The fourth-order valence-corrected chi connectivity index (χ4v) is 4.40. The lowest BCUT2D eigenvalue weighted by Crippen LogP contribution is -2.54. The highest BCUT2D eigenvalue weighted by atomic mass is 35.5. The largest absolute Gasteiger partial charge is 0.390 e. The van der Waals surface area contributed by atoms with E-state index in [1.54, 1.807) is 4.90 Å². The summed E-state index contributed by atoms with van der Waals surface area (Å²) < 4.78 is 0. The van der Waals surface area contributed by atoms with Crippen LogP contribution in [0.15, 0.2) is 42.5 Å². The number of benzene rings is 2. The minimum Gasteiger partial charge on any atom is -0.390 e. The second kappa shape index (κ2) is 13.0. The fraction of sp³-hybridized carbons (Fsp3) is 0.519. The first-order valence-electron chi connectivity index (χ1n) is 12.3. The van der Waals surface area contributed by atoms with Crippen LogP contribution in [0.25, 0.3) is 10.8 Å². The molecule has 1 heterocycles. The van der Waals surface area contributed by atoms with Crippen LogP contribution in [0.5, 0.6) is 0 Å². The molecular formula is C27H39ClN4O4. The van der Waals surface area contributed by atoms with Crippen LogP contribution in [-0.4, -0.2) is 65.5 Å². The summed E-state index contributed by atoms with van der Waals surface area (Å²) >= 11 is 0. The van der Waals surface area contributed by atoms with Crippen molar-refractivity contribution in [2.45, 2.75) is 64.6 Å². The van der Waals surface area contributed by atoms with E-state index in [1.165, 1.54) is 0 Å². The number of nitrogens with zero attached hydrogens (tertiary/aromatic N) is 1. The molecule has 0 bridgehead atoms. The second-order valence-corrected chi connectivity index (χ2v) is 10.6. The van der Waals surface area contributed by atoms with Crippen LogP contribution in [0.2, 0.25) is 0 Å². The molecule has 1 fully saturated rings. The number of nitrogens with two attached hydrogens (primary N) is 1. The van der Waals surface area contributed by atoms with Gasteiger partial charge in [0.05, 0.1) is 6.10 Å². The van der Waals surface area contributed by atoms with Gasteiger partial charge in [-0.1, -0.05) is 63.2 Å². The van der Waals surface area contributed by atoms with Crippen molar-refractivity contribution in [2.75, 3.05) is 19.6 Å². The lowest BCUT2D eigenvalue weighted by atomic mass is 9.91. The molecule has 5 N–H and O–H groups in total. The van der Waals surface area contributed by atoms with Crippen molar-refractivity contribution in [3.63, 3.8) is 0 Å². The molecular weight excluding hydrogens is 480 g/mol. The predicted octanol–water partition coefficient (Wildman–Crippen LogP) is 2.15. The van der Waals surface area contributed by atoms with Crippen molar-refractivity contribution in [3.8, 4) is 0 Å². The summed E-state index contributed by atoms with van der Waals surface area (Å²) in [5.74, 6) is -0.772. The summed E-state index contributed by atoms with van der Waals surface area (Å²) in [5.41, 5.74) is 6.17. The average molecular weight is 519 g/mol. The van der Waals surface area contributed by atoms with Gasteiger partial charge >= 0.3 is 0 Å². The second-order valence-electron chi connectivity index (χ2n) is 10.6. The van der Waals surface area contributed by atoms with Crippen LogP contribution < -0.4 is 16.4 Å². The maximum Gasteiger partial charge on any atom is 0.243 e. The Morgan fingerprint density at radius 2 is 1.83 bits per heavy atom. The van der Waals surface area contributed by atoms with E-state index in [0.29, 0.717) is 19.4 Å². The number of rotatable bonds is 9. The summed E-state index contributed by atoms with van der Waals surface area (Å²) in [6.07, 6.45) is 1.09. The molecule has 1 aliphatic heterocycles. The summed E-state index contributed by atoms with van der Waals surface area (Å²) in [6.45, 7) is 6.55. The van der Waals surface area contributed by atoms with Gasteiger partial charge in [-0.3, -0.25) is 14.4 Å². The molecule has 9 heteroatoms. The highest BCUT2D eigenvalue weighted by Gasteiger charge is 2.36. The van der Waals surface area contributed by atoms with Crippen LogP contribution in [0.3, 0.4) is 0 Å². The molecule has 2 aromatic rings. The number of hydrogen-bond acceptors (Lipinski definition) is 5. The number of amides is 3. The summed E-state index contributed by atoms with van der Waals surface area (Å²) in [6, 6.07) is 12.4. The van der Waals surface area contributed by atoms with Crippen molar-refractivity contribution in [1.29, 1.82) is 0 Å². The Labute approximate surface area is 219 Å². The topological polar surface area (TPSA) is 125 Å². The predicted molar refractivity (Wildman–Crippen MR) is 144 cm³/mol. The van der Waals surface area contributed by atoms with Gasteiger partial charge in [0.25, 0.3) is 0 Å². The zero-order valence-electron chi connectivity index (χ0n) is 21.3. The Hall–Kier alpha value is -2.68. The van der Waals surface area contributed by atoms with Crippen molar-refractivity contribution in [2.24, 2.45) is 11.1 Å². The van der Waals surface area contributed by atoms with Crippen LogP contribution in [0.4, 0.5) is 0 Å². The molecule has 0 aliphatic carbocycles. The van der Waals surface area contributed by atoms with Crippen molar-refractivity contribution < 1.29 is 19.5 Å². The minimum absolute atomic E-state index is 0. The third-order valence-corrected chi connectivity index (χ3v) is 6.23. The number of carbonyl (C=O) groups excluding carboxylic acids is 3. The summed E-state index contributed by atoms with van der Waals surface area (Å²) in [5, 5.41) is 17.5. The quantitative estimate of drug-likeness (QED) is 0.405. The first kappa shape index (κ1) is 29.5. The number of carbonyl (C=O) groups is 3. The van der Waals surface area contributed by atoms with Gasteiger partial charge in [0, 0.05) is 32.5 Å². The third kappa shape index (κ3) is 8.18. The number of fused-ring (bicyclic) bond motifs is 1. The Bertz CT molecular complexity index is 1060. The van der Waals surface area contributed by atoms with Crippen molar-refractivity contribution in [3.05, 3.63) is 48.0 Å². The highest BCUT2D eigenvalue weighted by Crippen LogP contribution is 2.25. The number of aliphatic hydroxyl groups is 1. The Kier molecular flexibility index (Phi) is 10.7. The zero-order valence-corrected chi connectivity index (χ0v) is 22.1. The molecule has 0 radical (unpaired) electrons. The molecule has 2 unspecified atom stereocenters. The van der Waals surface area contributed by atoms with E-state index in [9.17, 15) is 19.5 Å². The molecule has 0 saturated carbocycles. The number of likely N-dealkylation sites (tertiary alicyclic amines) is 1. The molecule has 1 saturated heterocycles. The zero-order chi connectivity index (χ0) is 25.6. The molecule has 198 valence electrons. The fourth-order valence-electron chi connectivity index (χ4n) is 4.40. The number of aliphatic hydroxyl groups excluding tert-OH is 1. The lowest BCUT2D eigenvalue weighted by molar-refractivity contribution is -0.140. The Morgan fingerprint density at radius 3 is 2.50 bits per heavy atom.